The lowest BCUT2D eigenvalue weighted by Crippen LogP contribution is -2.33. The maximum atomic E-state index is 3.67. The Morgan fingerprint density at radius 1 is 0.700 bits per heavy atom. The lowest BCUT2D eigenvalue weighted by molar-refractivity contribution is 0.361. The van der Waals surface area contributed by atoms with Gasteiger partial charge in [0.25, 0.3) is 0 Å². The van der Waals surface area contributed by atoms with Gasteiger partial charge in [-0.15, -0.1) is 5.54 Å². The van der Waals surface area contributed by atoms with E-state index in [1.165, 1.54) is 5.20 Å². The summed E-state index contributed by atoms with van der Waals surface area (Å²) < 4.78 is 0. The van der Waals surface area contributed by atoms with Crippen LogP contribution >= 0.6 is 0 Å². The standard InChI is InChI=1S/C18H36Si2/c1-17(2,3)16(18(4,5)6)15(20(10,11)12)13-14-19(7,8)9/h1-12H3. The van der Waals surface area contributed by atoms with Crippen molar-refractivity contribution in [2.45, 2.75) is 80.8 Å². The molecular weight excluding hydrogens is 272 g/mol. The molecule has 0 N–H and O–H groups in total. The second-order valence-corrected chi connectivity index (χ2v) is 19.8. The predicted molar refractivity (Wildman–Crippen MR) is 100 cm³/mol. The summed E-state index contributed by atoms with van der Waals surface area (Å²) in [5.74, 6) is 3.67. The van der Waals surface area contributed by atoms with Crippen LogP contribution in [0.25, 0.3) is 0 Å². The van der Waals surface area contributed by atoms with E-state index in [4.69, 9.17) is 0 Å². The van der Waals surface area contributed by atoms with E-state index in [0.29, 0.717) is 0 Å². The van der Waals surface area contributed by atoms with E-state index in [2.05, 4.69) is 92.3 Å². The molecule has 116 valence electrons. The zero-order valence-electron chi connectivity index (χ0n) is 16.0. The molecule has 0 radical (unpaired) electrons. The first-order chi connectivity index (χ1) is 8.46. The Labute approximate surface area is 130 Å². The van der Waals surface area contributed by atoms with Crippen molar-refractivity contribution >= 4 is 16.1 Å². The summed E-state index contributed by atoms with van der Waals surface area (Å²) >= 11 is 0. The topological polar surface area (TPSA) is 0 Å². The third-order valence-electron chi connectivity index (χ3n) is 3.06. The highest BCUT2D eigenvalue weighted by Gasteiger charge is 2.35. The number of hydrogen-bond acceptors (Lipinski definition) is 0. The van der Waals surface area contributed by atoms with Gasteiger partial charge in [0.05, 0.1) is 8.07 Å². The molecule has 0 nitrogen and oxygen atoms in total. The van der Waals surface area contributed by atoms with Gasteiger partial charge in [0, 0.05) is 0 Å². The minimum atomic E-state index is -1.44. The zero-order chi connectivity index (χ0) is 16.6. The van der Waals surface area contributed by atoms with E-state index in [1.807, 2.05) is 0 Å². The van der Waals surface area contributed by atoms with Crippen molar-refractivity contribution in [1.29, 1.82) is 0 Å². The van der Waals surface area contributed by atoms with Crippen LogP contribution in [0.4, 0.5) is 0 Å². The average Bonchev–Trinajstić information content (AvgIpc) is 2.03. The Morgan fingerprint density at radius 3 is 1.25 bits per heavy atom. The van der Waals surface area contributed by atoms with Crippen LogP contribution in [-0.2, 0) is 0 Å². The van der Waals surface area contributed by atoms with E-state index >= 15 is 0 Å². The summed E-state index contributed by atoms with van der Waals surface area (Å²) in [5, 5.41) is 1.49. The Hall–Kier alpha value is -0.266. The summed E-state index contributed by atoms with van der Waals surface area (Å²) in [6.07, 6.45) is 0. The van der Waals surface area contributed by atoms with Crippen molar-refractivity contribution < 1.29 is 0 Å². The molecule has 0 saturated heterocycles. The molecule has 0 aromatic rings. The van der Waals surface area contributed by atoms with Gasteiger partial charge >= 0.3 is 0 Å². The lowest BCUT2D eigenvalue weighted by atomic mass is 9.72. The molecule has 2 heteroatoms. The Balaban J connectivity index is 6.43. The van der Waals surface area contributed by atoms with Crippen molar-refractivity contribution in [3.8, 4) is 11.5 Å². The molecule has 0 bridgehead atoms. The van der Waals surface area contributed by atoms with Crippen LogP contribution in [0.15, 0.2) is 10.8 Å². The molecule has 20 heavy (non-hydrogen) atoms. The quantitative estimate of drug-likeness (QED) is 0.403. The van der Waals surface area contributed by atoms with Crippen molar-refractivity contribution in [3.05, 3.63) is 10.8 Å². The molecule has 0 aromatic heterocycles. The van der Waals surface area contributed by atoms with Crippen LogP contribution in [0.3, 0.4) is 0 Å². The second kappa shape index (κ2) is 5.85. The molecular formula is C18H36Si2. The van der Waals surface area contributed by atoms with Gasteiger partial charge in [0.2, 0.25) is 0 Å². The summed E-state index contributed by atoms with van der Waals surface area (Å²) in [4.78, 5) is 0. The van der Waals surface area contributed by atoms with Crippen LogP contribution in [-0.4, -0.2) is 16.1 Å². The lowest BCUT2D eigenvalue weighted by Gasteiger charge is -2.38. The average molecular weight is 309 g/mol. The molecule has 0 aliphatic rings. The molecule has 0 saturated carbocycles. The normalized spacial score (nSPS) is 13.6. The number of rotatable bonds is 1. The van der Waals surface area contributed by atoms with Crippen LogP contribution in [0.1, 0.15) is 41.5 Å². The van der Waals surface area contributed by atoms with Gasteiger partial charge in [-0.2, -0.15) is 0 Å². The van der Waals surface area contributed by atoms with Crippen LogP contribution in [0.2, 0.25) is 39.3 Å². The molecule has 0 aromatic carbocycles. The fraction of sp³-hybridized carbons (Fsp3) is 0.778. The van der Waals surface area contributed by atoms with Crippen LogP contribution in [0.5, 0.6) is 0 Å². The second-order valence-electron chi connectivity index (χ2n) is 10.0. The Morgan fingerprint density at radius 2 is 1.05 bits per heavy atom. The summed E-state index contributed by atoms with van der Waals surface area (Å²) in [6.45, 7) is 28.3. The third-order valence-corrected chi connectivity index (χ3v) is 5.81. The summed E-state index contributed by atoms with van der Waals surface area (Å²) in [6, 6.07) is 0. The predicted octanol–water partition coefficient (Wildman–Crippen LogP) is 6.13. The van der Waals surface area contributed by atoms with E-state index in [0.717, 1.165) is 0 Å². The molecule has 0 fully saturated rings. The molecule has 0 spiro atoms. The minimum Gasteiger partial charge on any atom is -0.127 e. The Kier molecular flexibility index (Phi) is 5.77. The minimum absolute atomic E-state index is 0.183. The SMILES string of the molecule is CC(C)(C)C(=C(C#C[Si](C)(C)C)[Si](C)(C)C)C(C)(C)C. The molecule has 0 amide bonds. The first-order valence-electron chi connectivity index (χ1n) is 7.75. The van der Waals surface area contributed by atoms with Gasteiger partial charge < -0.3 is 0 Å². The van der Waals surface area contributed by atoms with Gasteiger partial charge in [-0.25, -0.2) is 0 Å². The van der Waals surface area contributed by atoms with Crippen molar-refractivity contribution in [2.24, 2.45) is 10.8 Å². The van der Waals surface area contributed by atoms with Gasteiger partial charge in [-0.3, -0.25) is 0 Å². The number of allylic oxidation sites excluding steroid dienone is 2. The zero-order valence-corrected chi connectivity index (χ0v) is 18.0. The van der Waals surface area contributed by atoms with Gasteiger partial charge in [0.1, 0.15) is 8.07 Å². The highest BCUT2D eigenvalue weighted by molar-refractivity contribution is 6.86. The van der Waals surface area contributed by atoms with E-state index < -0.39 is 16.1 Å². The summed E-state index contributed by atoms with van der Waals surface area (Å²) in [7, 11) is -2.78. The van der Waals surface area contributed by atoms with Gasteiger partial charge in [0.15, 0.2) is 0 Å². The molecule has 0 aliphatic heterocycles. The fourth-order valence-electron chi connectivity index (χ4n) is 2.75. The highest BCUT2D eigenvalue weighted by atomic mass is 28.3. The molecule has 0 heterocycles. The maximum absolute atomic E-state index is 3.67. The van der Waals surface area contributed by atoms with Crippen LogP contribution < -0.4 is 0 Å². The molecule has 0 unspecified atom stereocenters. The van der Waals surface area contributed by atoms with Crippen molar-refractivity contribution in [3.63, 3.8) is 0 Å². The van der Waals surface area contributed by atoms with Crippen molar-refractivity contribution in [2.75, 3.05) is 0 Å². The first-order valence-corrected chi connectivity index (χ1v) is 14.8. The number of hydrogen-bond donors (Lipinski definition) is 0. The van der Waals surface area contributed by atoms with Gasteiger partial charge in [-0.1, -0.05) is 92.3 Å². The molecule has 0 atom stereocenters. The fourth-order valence-corrected chi connectivity index (χ4v) is 5.31. The maximum Gasteiger partial charge on any atom is 0.129 e. The van der Waals surface area contributed by atoms with Crippen LogP contribution in [0, 0.1) is 22.3 Å². The van der Waals surface area contributed by atoms with Crippen molar-refractivity contribution in [1.82, 2.24) is 0 Å². The first kappa shape index (κ1) is 19.7. The van der Waals surface area contributed by atoms with E-state index in [1.54, 1.807) is 5.57 Å². The highest BCUT2D eigenvalue weighted by Crippen LogP contribution is 2.43. The Bertz CT molecular complexity index is 414. The van der Waals surface area contributed by atoms with Gasteiger partial charge in [-0.05, 0) is 16.0 Å². The van der Waals surface area contributed by atoms with E-state index in [9.17, 15) is 0 Å². The largest absolute Gasteiger partial charge is 0.129 e. The summed E-state index contributed by atoms with van der Waals surface area (Å²) in [5.41, 5.74) is 5.55. The smallest absolute Gasteiger partial charge is 0.127 e. The third kappa shape index (κ3) is 6.46. The molecule has 0 rings (SSSR count). The monoisotopic (exact) mass is 308 g/mol. The van der Waals surface area contributed by atoms with E-state index in [-0.39, 0.29) is 10.8 Å². The molecule has 0 aliphatic carbocycles.